The molecule has 0 amide bonds. The Hall–Kier alpha value is -2.00. The van der Waals surface area contributed by atoms with Crippen molar-refractivity contribution in [2.75, 3.05) is 5.73 Å². The molecule has 90 valence electrons. The van der Waals surface area contributed by atoms with Crippen molar-refractivity contribution >= 4 is 28.2 Å². The Morgan fingerprint density at radius 3 is 2.78 bits per heavy atom. The predicted octanol–water partition coefficient (Wildman–Crippen LogP) is 3.77. The fourth-order valence-electron chi connectivity index (χ4n) is 2.16. The summed E-state index contributed by atoms with van der Waals surface area (Å²) in [7, 11) is 0. The molecule has 0 aliphatic carbocycles. The van der Waals surface area contributed by atoms with E-state index in [0.29, 0.717) is 0 Å². The molecule has 2 aromatic carbocycles. The van der Waals surface area contributed by atoms with Gasteiger partial charge in [-0.1, -0.05) is 29.8 Å². The number of nitrogen functional groups attached to an aromatic ring is 1. The number of H-pyrrole nitrogens is 1. The molecule has 3 rings (SSSR count). The summed E-state index contributed by atoms with van der Waals surface area (Å²) in [6.45, 7) is 1.98. The minimum absolute atomic E-state index is 0.718. The molecular formula is C14H12ClN3. The van der Waals surface area contributed by atoms with Crippen molar-refractivity contribution < 1.29 is 0 Å². The molecule has 0 spiro atoms. The molecular weight excluding hydrogens is 246 g/mol. The fraction of sp³-hybridized carbons (Fsp3) is 0.0714. The monoisotopic (exact) mass is 257 g/mol. The highest BCUT2D eigenvalue weighted by atomic mass is 35.5. The summed E-state index contributed by atoms with van der Waals surface area (Å²) in [6, 6.07) is 11.5. The van der Waals surface area contributed by atoms with Gasteiger partial charge in [0.1, 0.15) is 5.69 Å². The molecule has 0 fully saturated rings. The number of halogens is 1. The maximum absolute atomic E-state index is 6.15. The number of nitrogens with zero attached hydrogens (tertiary/aromatic N) is 1. The van der Waals surface area contributed by atoms with E-state index in [1.165, 1.54) is 0 Å². The lowest BCUT2D eigenvalue weighted by molar-refractivity contribution is 1.12. The van der Waals surface area contributed by atoms with Gasteiger partial charge in [-0.05, 0) is 30.7 Å². The molecule has 3 nitrogen and oxygen atoms in total. The molecule has 0 atom stereocenters. The number of nitrogens with two attached hydrogens (primary N) is 1. The number of aromatic amines is 1. The summed E-state index contributed by atoms with van der Waals surface area (Å²) in [5.41, 5.74) is 10.6. The van der Waals surface area contributed by atoms with E-state index in [9.17, 15) is 0 Å². The average molecular weight is 258 g/mol. The van der Waals surface area contributed by atoms with Crippen LogP contribution in [0.1, 0.15) is 5.56 Å². The zero-order chi connectivity index (χ0) is 12.7. The zero-order valence-corrected chi connectivity index (χ0v) is 10.6. The second-order valence-electron chi connectivity index (χ2n) is 4.25. The van der Waals surface area contributed by atoms with Crippen molar-refractivity contribution in [1.82, 2.24) is 10.2 Å². The number of anilines is 1. The van der Waals surface area contributed by atoms with Gasteiger partial charge in [-0.2, -0.15) is 5.10 Å². The number of benzene rings is 2. The van der Waals surface area contributed by atoms with Crippen LogP contribution in [0.15, 0.2) is 36.4 Å². The minimum atomic E-state index is 0.718. The highest BCUT2D eigenvalue weighted by Crippen LogP contribution is 2.34. The topological polar surface area (TPSA) is 54.7 Å². The van der Waals surface area contributed by atoms with Crippen LogP contribution in [0.3, 0.4) is 0 Å². The molecule has 0 aliphatic rings. The Bertz CT molecular complexity index is 731. The van der Waals surface area contributed by atoms with Gasteiger partial charge in [0.25, 0.3) is 0 Å². The first-order valence-electron chi connectivity index (χ1n) is 5.66. The van der Waals surface area contributed by atoms with Gasteiger partial charge in [-0.15, -0.1) is 0 Å². The van der Waals surface area contributed by atoms with Crippen LogP contribution < -0.4 is 5.73 Å². The van der Waals surface area contributed by atoms with Gasteiger partial charge < -0.3 is 5.73 Å². The molecule has 1 aromatic heterocycles. The molecule has 0 saturated carbocycles. The minimum Gasteiger partial charge on any atom is -0.398 e. The summed E-state index contributed by atoms with van der Waals surface area (Å²) in [5.74, 6) is 0. The average Bonchev–Trinajstić information content (AvgIpc) is 2.78. The zero-order valence-electron chi connectivity index (χ0n) is 9.87. The van der Waals surface area contributed by atoms with Crippen LogP contribution in [0.2, 0.25) is 5.02 Å². The normalized spacial score (nSPS) is 11.0. The van der Waals surface area contributed by atoms with E-state index in [4.69, 9.17) is 17.3 Å². The van der Waals surface area contributed by atoms with E-state index in [2.05, 4.69) is 10.2 Å². The molecule has 3 aromatic rings. The highest BCUT2D eigenvalue weighted by molar-refractivity contribution is 6.31. The standard InChI is InChI=1S/C14H12ClN3/c1-8-9(4-2-5-10(8)15)14-13-11(16)6-3-7-12(13)17-18-14/h2-7H,16H2,1H3,(H,17,18). The molecule has 0 bridgehead atoms. The third-order valence-electron chi connectivity index (χ3n) is 3.14. The summed E-state index contributed by atoms with van der Waals surface area (Å²) >= 11 is 6.15. The molecule has 0 unspecified atom stereocenters. The Balaban J connectivity index is 2.36. The van der Waals surface area contributed by atoms with Crippen molar-refractivity contribution in [1.29, 1.82) is 0 Å². The Morgan fingerprint density at radius 2 is 1.94 bits per heavy atom. The van der Waals surface area contributed by atoms with Crippen molar-refractivity contribution in [3.63, 3.8) is 0 Å². The molecule has 0 aliphatic heterocycles. The lowest BCUT2D eigenvalue weighted by atomic mass is 10.0. The summed E-state index contributed by atoms with van der Waals surface area (Å²) in [4.78, 5) is 0. The predicted molar refractivity (Wildman–Crippen MR) is 75.7 cm³/mol. The number of aromatic nitrogens is 2. The Kier molecular flexibility index (Phi) is 2.49. The maximum atomic E-state index is 6.15. The van der Waals surface area contributed by atoms with E-state index in [1.54, 1.807) is 0 Å². The van der Waals surface area contributed by atoms with Crippen molar-refractivity contribution in [2.45, 2.75) is 6.92 Å². The number of hydrogen-bond donors (Lipinski definition) is 2. The molecule has 1 heterocycles. The number of rotatable bonds is 1. The molecule has 4 heteroatoms. The molecule has 3 N–H and O–H groups in total. The second kappa shape index (κ2) is 4.03. The van der Waals surface area contributed by atoms with Crippen LogP contribution in [-0.4, -0.2) is 10.2 Å². The van der Waals surface area contributed by atoms with Gasteiger partial charge in [0.15, 0.2) is 0 Å². The van der Waals surface area contributed by atoms with Crippen molar-refractivity contribution in [2.24, 2.45) is 0 Å². The van der Waals surface area contributed by atoms with Gasteiger partial charge in [0, 0.05) is 16.3 Å². The third kappa shape index (κ3) is 1.56. The second-order valence-corrected chi connectivity index (χ2v) is 4.66. The SMILES string of the molecule is Cc1c(Cl)cccc1-c1n[nH]c2cccc(N)c12. The molecule has 0 saturated heterocycles. The Labute approximate surface area is 110 Å². The first-order chi connectivity index (χ1) is 8.68. The Morgan fingerprint density at radius 1 is 1.17 bits per heavy atom. The fourth-order valence-corrected chi connectivity index (χ4v) is 2.33. The first kappa shape index (κ1) is 11.1. The summed E-state index contributed by atoms with van der Waals surface area (Å²) in [6.07, 6.45) is 0. The number of fused-ring (bicyclic) bond motifs is 1. The smallest absolute Gasteiger partial charge is 0.102 e. The quantitative estimate of drug-likeness (QED) is 0.652. The van der Waals surface area contributed by atoms with E-state index >= 15 is 0 Å². The lowest BCUT2D eigenvalue weighted by Gasteiger charge is -2.06. The van der Waals surface area contributed by atoms with Gasteiger partial charge in [0.2, 0.25) is 0 Å². The molecule has 0 radical (unpaired) electrons. The van der Waals surface area contributed by atoms with Crippen LogP contribution in [0, 0.1) is 6.92 Å². The highest BCUT2D eigenvalue weighted by Gasteiger charge is 2.13. The first-order valence-corrected chi connectivity index (χ1v) is 6.04. The van der Waals surface area contributed by atoms with Gasteiger partial charge in [-0.25, -0.2) is 0 Å². The van der Waals surface area contributed by atoms with Crippen molar-refractivity contribution in [3.05, 3.63) is 47.0 Å². The largest absolute Gasteiger partial charge is 0.398 e. The third-order valence-corrected chi connectivity index (χ3v) is 3.55. The van der Waals surface area contributed by atoms with Crippen molar-refractivity contribution in [3.8, 4) is 11.3 Å². The van der Waals surface area contributed by atoms with E-state index in [1.807, 2.05) is 43.3 Å². The lowest BCUT2D eigenvalue weighted by Crippen LogP contribution is -1.89. The number of hydrogen-bond acceptors (Lipinski definition) is 2. The summed E-state index contributed by atoms with van der Waals surface area (Å²) < 4.78 is 0. The number of nitrogens with one attached hydrogen (secondary N) is 1. The van der Waals surface area contributed by atoms with E-state index in [-0.39, 0.29) is 0 Å². The van der Waals surface area contributed by atoms with Crippen LogP contribution in [0.5, 0.6) is 0 Å². The molecule has 18 heavy (non-hydrogen) atoms. The van der Waals surface area contributed by atoms with Crippen LogP contribution in [-0.2, 0) is 0 Å². The maximum Gasteiger partial charge on any atom is 0.102 e. The van der Waals surface area contributed by atoms with E-state index in [0.717, 1.165) is 38.4 Å². The van der Waals surface area contributed by atoms with Crippen LogP contribution in [0.4, 0.5) is 5.69 Å². The van der Waals surface area contributed by atoms with E-state index < -0.39 is 0 Å². The van der Waals surface area contributed by atoms with Crippen LogP contribution >= 0.6 is 11.6 Å². The van der Waals surface area contributed by atoms with Gasteiger partial charge in [0.05, 0.1) is 10.9 Å². The van der Waals surface area contributed by atoms with Gasteiger partial charge in [-0.3, -0.25) is 5.10 Å². The van der Waals surface area contributed by atoms with Crippen LogP contribution in [0.25, 0.3) is 22.2 Å². The summed E-state index contributed by atoms with van der Waals surface area (Å²) in [5, 5.41) is 9.05. The van der Waals surface area contributed by atoms with Gasteiger partial charge >= 0.3 is 0 Å².